The number of ether oxygens (including phenoxy) is 3. The highest BCUT2D eigenvalue weighted by Crippen LogP contribution is 2.46. The van der Waals surface area contributed by atoms with E-state index in [0.717, 1.165) is 0 Å². The monoisotopic (exact) mass is 274 g/mol. The van der Waals surface area contributed by atoms with Gasteiger partial charge in [0.05, 0.1) is 25.4 Å². The Morgan fingerprint density at radius 1 is 0.789 bits per heavy atom. The molecule has 3 nitrogen and oxygen atoms in total. The van der Waals surface area contributed by atoms with Crippen molar-refractivity contribution in [3.63, 3.8) is 0 Å². The average molecular weight is 274 g/mol. The van der Waals surface area contributed by atoms with Crippen LogP contribution in [0.3, 0.4) is 0 Å². The summed E-state index contributed by atoms with van der Waals surface area (Å²) in [5.74, 6) is 0.515. The normalized spacial score (nSPS) is 14.2. The SMILES string of the molecule is COCC(COC)(COC(C)(C)C)C(C)(C)C(C)C. The van der Waals surface area contributed by atoms with Crippen molar-refractivity contribution in [2.45, 2.75) is 54.1 Å². The van der Waals surface area contributed by atoms with Crippen molar-refractivity contribution in [2.75, 3.05) is 34.0 Å². The maximum Gasteiger partial charge on any atom is 0.0598 e. The second-order valence-electron chi connectivity index (χ2n) is 7.42. The molecule has 3 heteroatoms. The molecular formula is C16H34O3. The lowest BCUT2D eigenvalue weighted by Gasteiger charge is -2.49. The summed E-state index contributed by atoms with van der Waals surface area (Å²) in [4.78, 5) is 0. The van der Waals surface area contributed by atoms with Crippen LogP contribution in [-0.2, 0) is 14.2 Å². The number of hydrogen-bond donors (Lipinski definition) is 0. The molecule has 0 atom stereocenters. The number of rotatable bonds is 8. The fourth-order valence-electron chi connectivity index (χ4n) is 2.20. The Morgan fingerprint density at radius 3 is 1.47 bits per heavy atom. The molecule has 19 heavy (non-hydrogen) atoms. The van der Waals surface area contributed by atoms with Gasteiger partial charge in [0.1, 0.15) is 0 Å². The van der Waals surface area contributed by atoms with Crippen molar-refractivity contribution in [1.29, 1.82) is 0 Å². The van der Waals surface area contributed by atoms with Gasteiger partial charge in [0.2, 0.25) is 0 Å². The van der Waals surface area contributed by atoms with Crippen LogP contribution in [0.4, 0.5) is 0 Å². The Hall–Kier alpha value is -0.120. The van der Waals surface area contributed by atoms with Gasteiger partial charge in [-0.2, -0.15) is 0 Å². The van der Waals surface area contributed by atoms with Crippen molar-refractivity contribution in [3.8, 4) is 0 Å². The van der Waals surface area contributed by atoms with E-state index in [4.69, 9.17) is 14.2 Å². The molecular weight excluding hydrogens is 240 g/mol. The lowest BCUT2D eigenvalue weighted by molar-refractivity contribution is -0.155. The molecule has 0 heterocycles. The molecule has 0 N–H and O–H groups in total. The van der Waals surface area contributed by atoms with E-state index in [9.17, 15) is 0 Å². The summed E-state index contributed by atoms with van der Waals surface area (Å²) < 4.78 is 17.1. The van der Waals surface area contributed by atoms with E-state index in [1.54, 1.807) is 14.2 Å². The predicted octanol–water partition coefficient (Wildman–Crippen LogP) is 3.76. The van der Waals surface area contributed by atoms with Gasteiger partial charge in [-0.15, -0.1) is 0 Å². The maximum atomic E-state index is 6.08. The molecule has 0 amide bonds. The highest BCUT2D eigenvalue weighted by molar-refractivity contribution is 4.95. The van der Waals surface area contributed by atoms with Crippen LogP contribution in [0.15, 0.2) is 0 Å². The summed E-state index contributed by atoms with van der Waals surface area (Å²) in [6, 6.07) is 0. The summed E-state index contributed by atoms with van der Waals surface area (Å²) in [5, 5.41) is 0. The molecule has 0 aromatic heterocycles. The topological polar surface area (TPSA) is 27.7 Å². The Balaban J connectivity index is 5.29. The smallest absolute Gasteiger partial charge is 0.0598 e. The van der Waals surface area contributed by atoms with E-state index in [1.807, 2.05) is 0 Å². The predicted molar refractivity (Wildman–Crippen MR) is 80.5 cm³/mol. The van der Waals surface area contributed by atoms with Crippen LogP contribution in [0, 0.1) is 16.7 Å². The Kier molecular flexibility index (Phi) is 7.01. The highest BCUT2D eigenvalue weighted by Gasteiger charge is 2.48. The molecule has 0 aromatic carbocycles. The average Bonchev–Trinajstić information content (AvgIpc) is 2.25. The highest BCUT2D eigenvalue weighted by atomic mass is 16.5. The fraction of sp³-hybridized carbons (Fsp3) is 1.00. The van der Waals surface area contributed by atoms with Crippen LogP contribution in [0.25, 0.3) is 0 Å². The number of hydrogen-bond acceptors (Lipinski definition) is 3. The van der Waals surface area contributed by atoms with Crippen molar-refractivity contribution in [2.24, 2.45) is 16.7 Å². The van der Waals surface area contributed by atoms with E-state index in [0.29, 0.717) is 25.7 Å². The van der Waals surface area contributed by atoms with E-state index in [1.165, 1.54) is 0 Å². The van der Waals surface area contributed by atoms with Gasteiger partial charge in [-0.1, -0.05) is 27.7 Å². The third-order valence-electron chi connectivity index (χ3n) is 4.43. The molecule has 0 saturated carbocycles. The van der Waals surface area contributed by atoms with E-state index in [-0.39, 0.29) is 16.4 Å². The lowest BCUT2D eigenvalue weighted by Crippen LogP contribution is -2.52. The maximum absolute atomic E-state index is 6.08. The summed E-state index contributed by atoms with van der Waals surface area (Å²) >= 11 is 0. The number of methoxy groups -OCH3 is 2. The first-order valence-electron chi connectivity index (χ1n) is 7.14. The first kappa shape index (κ1) is 18.9. The van der Waals surface area contributed by atoms with Gasteiger partial charge in [-0.3, -0.25) is 0 Å². The fourth-order valence-corrected chi connectivity index (χ4v) is 2.20. The van der Waals surface area contributed by atoms with E-state index in [2.05, 4.69) is 48.5 Å². The quantitative estimate of drug-likeness (QED) is 0.674. The molecule has 0 aliphatic carbocycles. The van der Waals surface area contributed by atoms with Crippen LogP contribution in [0.1, 0.15) is 48.5 Å². The minimum Gasteiger partial charge on any atom is -0.384 e. The van der Waals surface area contributed by atoms with Crippen LogP contribution < -0.4 is 0 Å². The van der Waals surface area contributed by atoms with Crippen LogP contribution in [-0.4, -0.2) is 39.6 Å². The Morgan fingerprint density at radius 2 is 1.21 bits per heavy atom. The molecule has 0 rings (SSSR count). The van der Waals surface area contributed by atoms with Crippen LogP contribution >= 0.6 is 0 Å². The molecule has 0 fully saturated rings. The Labute approximate surface area is 120 Å². The third-order valence-corrected chi connectivity index (χ3v) is 4.43. The lowest BCUT2D eigenvalue weighted by atomic mass is 9.61. The van der Waals surface area contributed by atoms with Crippen LogP contribution in [0.2, 0.25) is 0 Å². The van der Waals surface area contributed by atoms with Crippen molar-refractivity contribution >= 4 is 0 Å². The summed E-state index contributed by atoms with van der Waals surface area (Å²) in [7, 11) is 3.50. The Bertz CT molecular complexity index is 245. The molecule has 0 radical (unpaired) electrons. The summed E-state index contributed by atoms with van der Waals surface area (Å²) in [6.45, 7) is 17.2. The zero-order valence-electron chi connectivity index (χ0n) is 14.4. The minimum absolute atomic E-state index is 0.0598. The molecule has 0 saturated heterocycles. The summed E-state index contributed by atoms with van der Waals surface area (Å²) in [5.41, 5.74) is -0.234. The standard InChI is InChI=1S/C16H34O3/c1-13(2)15(6,7)16(10-17-8,11-18-9)12-19-14(3,4)5/h13H,10-12H2,1-9H3. The largest absolute Gasteiger partial charge is 0.384 e. The van der Waals surface area contributed by atoms with Crippen molar-refractivity contribution in [1.82, 2.24) is 0 Å². The van der Waals surface area contributed by atoms with Gasteiger partial charge in [0.15, 0.2) is 0 Å². The van der Waals surface area contributed by atoms with E-state index >= 15 is 0 Å². The molecule has 0 aromatic rings. The van der Waals surface area contributed by atoms with E-state index < -0.39 is 0 Å². The first-order valence-corrected chi connectivity index (χ1v) is 7.14. The van der Waals surface area contributed by atoms with Gasteiger partial charge in [0.25, 0.3) is 0 Å². The van der Waals surface area contributed by atoms with Crippen LogP contribution in [0.5, 0.6) is 0 Å². The van der Waals surface area contributed by atoms with Gasteiger partial charge in [0, 0.05) is 19.6 Å². The van der Waals surface area contributed by atoms with Gasteiger partial charge in [-0.05, 0) is 32.1 Å². The minimum atomic E-state index is -0.153. The molecule has 0 unspecified atom stereocenters. The molecule has 116 valence electrons. The van der Waals surface area contributed by atoms with Gasteiger partial charge >= 0.3 is 0 Å². The first-order chi connectivity index (χ1) is 8.52. The molecule has 0 bridgehead atoms. The second kappa shape index (κ2) is 7.05. The third kappa shape index (κ3) is 5.05. The zero-order valence-corrected chi connectivity index (χ0v) is 14.4. The molecule has 0 aliphatic heterocycles. The van der Waals surface area contributed by atoms with Gasteiger partial charge in [-0.25, -0.2) is 0 Å². The molecule has 0 aliphatic rings. The molecule has 0 spiro atoms. The second-order valence-corrected chi connectivity index (χ2v) is 7.42. The van der Waals surface area contributed by atoms with Crippen molar-refractivity contribution < 1.29 is 14.2 Å². The zero-order chi connectivity index (χ0) is 15.3. The van der Waals surface area contributed by atoms with Crippen molar-refractivity contribution in [3.05, 3.63) is 0 Å². The summed E-state index contributed by atoms with van der Waals surface area (Å²) in [6.07, 6.45) is 0. The van der Waals surface area contributed by atoms with Gasteiger partial charge < -0.3 is 14.2 Å².